The summed E-state index contributed by atoms with van der Waals surface area (Å²) in [6.45, 7) is 1.70. The Hall–Kier alpha value is -3.75. The maximum Gasteiger partial charge on any atom is 0.419 e. The van der Waals surface area contributed by atoms with Gasteiger partial charge >= 0.3 is 11.7 Å². The van der Waals surface area contributed by atoms with Crippen LogP contribution in [-0.4, -0.2) is 29.3 Å². The fraction of sp³-hybridized carbons (Fsp3) is 0.250. The molecule has 2 heterocycles. The van der Waals surface area contributed by atoms with Gasteiger partial charge in [0.25, 0.3) is 5.91 Å². The fourth-order valence-electron chi connectivity index (χ4n) is 2.96. The molecule has 0 fully saturated rings. The molecule has 1 N–H and O–H groups in total. The summed E-state index contributed by atoms with van der Waals surface area (Å²) in [6.07, 6.45) is -1.09. The highest BCUT2D eigenvalue weighted by Gasteiger charge is 2.20. The number of aryl methyl sites for hydroxylation is 1. The van der Waals surface area contributed by atoms with E-state index in [2.05, 4.69) is 5.32 Å². The van der Waals surface area contributed by atoms with Crippen molar-refractivity contribution in [1.29, 1.82) is 0 Å². The third-order valence-electron chi connectivity index (χ3n) is 4.43. The smallest absolute Gasteiger partial charge is 0.419 e. The van der Waals surface area contributed by atoms with Crippen LogP contribution in [0, 0.1) is 0 Å². The zero-order valence-electron chi connectivity index (χ0n) is 15.5. The van der Waals surface area contributed by atoms with Gasteiger partial charge in [0.15, 0.2) is 23.2 Å². The molecule has 1 aromatic heterocycles. The van der Waals surface area contributed by atoms with Gasteiger partial charge in [0, 0.05) is 18.3 Å². The minimum Gasteiger partial charge on any atom is -0.454 e. The molecule has 0 saturated heterocycles. The van der Waals surface area contributed by atoms with Crippen molar-refractivity contribution in [2.24, 2.45) is 0 Å². The van der Waals surface area contributed by atoms with Gasteiger partial charge in [-0.05, 0) is 31.2 Å². The normalized spacial score (nSPS) is 13.3. The van der Waals surface area contributed by atoms with Crippen molar-refractivity contribution in [3.8, 4) is 11.5 Å². The largest absolute Gasteiger partial charge is 0.454 e. The number of nitrogens with zero attached hydrogens (tertiary/aromatic N) is 1. The van der Waals surface area contributed by atoms with Gasteiger partial charge in [-0.15, -0.1) is 0 Å². The lowest BCUT2D eigenvalue weighted by Gasteiger charge is -2.14. The van der Waals surface area contributed by atoms with Crippen LogP contribution >= 0.6 is 0 Å². The van der Waals surface area contributed by atoms with Crippen molar-refractivity contribution in [1.82, 2.24) is 4.57 Å². The number of hydrogen-bond acceptors (Lipinski definition) is 7. The number of ether oxygens (including phenoxy) is 3. The summed E-state index contributed by atoms with van der Waals surface area (Å²) in [6, 6.07) is 11.9. The lowest BCUT2D eigenvalue weighted by molar-refractivity contribution is -0.153. The van der Waals surface area contributed by atoms with E-state index in [-0.39, 0.29) is 19.8 Å². The second-order valence-electron chi connectivity index (χ2n) is 6.43. The fourth-order valence-corrected chi connectivity index (χ4v) is 2.96. The van der Waals surface area contributed by atoms with E-state index in [0.717, 1.165) is 0 Å². The molecule has 2 aromatic carbocycles. The maximum absolute atomic E-state index is 12.3. The standard InChI is InChI=1S/C20H18N2O7/c1-12(19(24)21-13-6-7-16-17(10-13)27-11-26-16)28-18(23)8-9-22-14-4-2-3-5-15(14)29-20(22)25/h2-7,10,12H,8-9,11H2,1H3,(H,21,24)/t12-/m1/s1. The van der Waals surface area contributed by atoms with E-state index in [1.807, 2.05) is 0 Å². The molecule has 29 heavy (non-hydrogen) atoms. The number of benzene rings is 2. The first-order valence-electron chi connectivity index (χ1n) is 8.99. The Morgan fingerprint density at radius 1 is 1.17 bits per heavy atom. The first-order valence-corrected chi connectivity index (χ1v) is 8.99. The molecule has 9 heteroatoms. The van der Waals surface area contributed by atoms with Crippen molar-refractivity contribution in [2.75, 3.05) is 12.1 Å². The SMILES string of the molecule is C[C@@H](OC(=O)CCn1c(=O)oc2ccccc21)C(=O)Nc1ccc2c(c1)OCO2. The molecule has 1 atom stereocenters. The molecule has 0 radical (unpaired) electrons. The van der Waals surface area contributed by atoms with Gasteiger partial charge in [0.2, 0.25) is 6.79 Å². The minimum atomic E-state index is -1.01. The molecule has 1 aliphatic heterocycles. The summed E-state index contributed by atoms with van der Waals surface area (Å²) >= 11 is 0. The average molecular weight is 398 g/mol. The van der Waals surface area contributed by atoms with Crippen LogP contribution in [0.3, 0.4) is 0 Å². The number of carbonyl (C=O) groups excluding carboxylic acids is 2. The van der Waals surface area contributed by atoms with Crippen LogP contribution in [0.1, 0.15) is 13.3 Å². The first-order chi connectivity index (χ1) is 14.0. The highest BCUT2D eigenvalue weighted by atomic mass is 16.7. The Bertz CT molecular complexity index is 1130. The quantitative estimate of drug-likeness (QED) is 0.635. The van der Waals surface area contributed by atoms with Crippen LogP contribution in [0.4, 0.5) is 5.69 Å². The Morgan fingerprint density at radius 2 is 1.97 bits per heavy atom. The lowest BCUT2D eigenvalue weighted by Crippen LogP contribution is -2.30. The predicted molar refractivity (Wildman–Crippen MR) is 102 cm³/mol. The van der Waals surface area contributed by atoms with Crippen LogP contribution in [0.25, 0.3) is 11.1 Å². The molecule has 0 unspecified atom stereocenters. The number of carbonyl (C=O) groups is 2. The third kappa shape index (κ3) is 3.93. The molecule has 3 aromatic rings. The highest BCUT2D eigenvalue weighted by molar-refractivity contribution is 5.95. The van der Waals surface area contributed by atoms with E-state index in [1.165, 1.54) is 11.5 Å². The summed E-state index contributed by atoms with van der Waals surface area (Å²) in [5.41, 5.74) is 1.54. The summed E-state index contributed by atoms with van der Waals surface area (Å²) < 4.78 is 22.1. The number of amides is 1. The number of fused-ring (bicyclic) bond motifs is 2. The number of nitrogens with one attached hydrogen (secondary N) is 1. The second-order valence-corrected chi connectivity index (χ2v) is 6.43. The zero-order valence-corrected chi connectivity index (χ0v) is 15.5. The number of aromatic nitrogens is 1. The number of rotatable bonds is 6. The summed E-state index contributed by atoms with van der Waals surface area (Å²) in [4.78, 5) is 36.3. The number of para-hydroxylation sites is 2. The van der Waals surface area contributed by atoms with Gasteiger partial charge in [0.05, 0.1) is 11.9 Å². The van der Waals surface area contributed by atoms with Gasteiger partial charge in [-0.2, -0.15) is 0 Å². The topological polar surface area (TPSA) is 109 Å². The molecule has 0 aliphatic carbocycles. The molecule has 0 spiro atoms. The van der Waals surface area contributed by atoms with E-state index >= 15 is 0 Å². The summed E-state index contributed by atoms with van der Waals surface area (Å²) in [5, 5.41) is 2.66. The Balaban J connectivity index is 1.32. The van der Waals surface area contributed by atoms with Crippen LogP contribution in [0.15, 0.2) is 51.7 Å². The predicted octanol–water partition coefficient (Wildman–Crippen LogP) is 2.28. The van der Waals surface area contributed by atoms with E-state index in [1.54, 1.807) is 42.5 Å². The number of esters is 1. The van der Waals surface area contributed by atoms with Crippen LogP contribution < -0.4 is 20.5 Å². The highest BCUT2D eigenvalue weighted by Crippen LogP contribution is 2.34. The van der Waals surface area contributed by atoms with Crippen molar-refractivity contribution < 1.29 is 28.2 Å². The third-order valence-corrected chi connectivity index (χ3v) is 4.43. The molecule has 0 saturated carbocycles. The summed E-state index contributed by atoms with van der Waals surface area (Å²) in [7, 11) is 0. The number of anilines is 1. The molecular formula is C20H18N2O7. The van der Waals surface area contributed by atoms with Crippen LogP contribution in [0.5, 0.6) is 11.5 Å². The van der Waals surface area contributed by atoms with Crippen molar-refractivity contribution >= 4 is 28.7 Å². The van der Waals surface area contributed by atoms with Gasteiger partial charge in [-0.1, -0.05) is 12.1 Å². The Labute approximate surface area is 164 Å². The van der Waals surface area contributed by atoms with Gasteiger partial charge in [-0.3, -0.25) is 14.2 Å². The van der Waals surface area contributed by atoms with E-state index in [9.17, 15) is 14.4 Å². The van der Waals surface area contributed by atoms with E-state index in [0.29, 0.717) is 28.3 Å². The molecule has 1 amide bonds. The van der Waals surface area contributed by atoms with Crippen molar-refractivity contribution in [3.05, 3.63) is 53.0 Å². The molecule has 1 aliphatic rings. The Kier molecular flexibility index (Phi) is 4.94. The van der Waals surface area contributed by atoms with Gasteiger partial charge in [0.1, 0.15) is 0 Å². The van der Waals surface area contributed by atoms with Crippen molar-refractivity contribution in [2.45, 2.75) is 26.0 Å². The van der Waals surface area contributed by atoms with Crippen LogP contribution in [0.2, 0.25) is 0 Å². The first kappa shape index (κ1) is 18.6. The molecule has 150 valence electrons. The molecule has 4 rings (SSSR count). The van der Waals surface area contributed by atoms with E-state index in [4.69, 9.17) is 18.6 Å². The van der Waals surface area contributed by atoms with Gasteiger partial charge < -0.3 is 23.9 Å². The molecule has 0 bridgehead atoms. The van der Waals surface area contributed by atoms with Crippen molar-refractivity contribution in [3.63, 3.8) is 0 Å². The molecule has 9 nitrogen and oxygen atoms in total. The van der Waals surface area contributed by atoms with Gasteiger partial charge in [-0.25, -0.2) is 4.79 Å². The second kappa shape index (κ2) is 7.70. The minimum absolute atomic E-state index is 0.0783. The van der Waals surface area contributed by atoms with E-state index < -0.39 is 23.7 Å². The monoisotopic (exact) mass is 398 g/mol. The Morgan fingerprint density at radius 3 is 2.83 bits per heavy atom. The van der Waals surface area contributed by atoms with Crippen LogP contribution in [-0.2, 0) is 20.9 Å². The number of hydrogen-bond donors (Lipinski definition) is 1. The number of oxazole rings is 1. The lowest BCUT2D eigenvalue weighted by atomic mass is 10.2. The average Bonchev–Trinajstić information content (AvgIpc) is 3.29. The zero-order chi connectivity index (χ0) is 20.4. The molecular weight excluding hydrogens is 380 g/mol. The summed E-state index contributed by atoms with van der Waals surface area (Å²) in [5.74, 6) is -0.499. The maximum atomic E-state index is 12.3.